The van der Waals surface area contributed by atoms with Crippen molar-refractivity contribution in [3.63, 3.8) is 0 Å². The first-order chi connectivity index (χ1) is 36.3. The number of hydrogen-bond acceptors (Lipinski definition) is 4. The zero-order chi connectivity index (χ0) is 54.5. The van der Waals surface area contributed by atoms with Gasteiger partial charge in [0.1, 0.15) is 5.58 Å². The summed E-state index contributed by atoms with van der Waals surface area (Å²) in [5.41, 5.74) is 26.2. The standard InChI is InChI=1S/C72H82BN3O/c1-44(2)46-19-27-51(28-20-46)74(52-29-21-47(22-30-52)45(3)4)55-39-62-65-63(40-55)76(54-33-25-50(26-34-54)69(8,9)10)66-56-41-57-48(18-17-35-70(57,11)12)38-64(56)77-67(66)73(65)60-42-58-59(72(15,16)37-36-71(58,13)14)43-61(60)75(62)53-31-23-49(24-32-53)68(5,6)7/h19-34,38-45H,17-18,35-37H2,1-16H3. The van der Waals surface area contributed by atoms with Crippen LogP contribution in [0.25, 0.3) is 11.0 Å². The fourth-order valence-corrected chi connectivity index (χ4v) is 13.7. The van der Waals surface area contributed by atoms with Gasteiger partial charge in [-0.05, 0) is 205 Å². The van der Waals surface area contributed by atoms with Crippen molar-refractivity contribution < 1.29 is 4.42 Å². The Morgan fingerprint density at radius 2 is 0.987 bits per heavy atom. The van der Waals surface area contributed by atoms with Crippen molar-refractivity contribution in [1.29, 1.82) is 0 Å². The van der Waals surface area contributed by atoms with Gasteiger partial charge in [-0.2, -0.15) is 0 Å². The van der Waals surface area contributed by atoms with E-state index in [2.05, 4.69) is 259 Å². The van der Waals surface area contributed by atoms with Crippen molar-refractivity contribution in [3.8, 4) is 0 Å². The SMILES string of the molecule is CC(C)c1ccc(N(c2ccc(C(C)C)cc2)c2cc3c4c(c2)N(c2ccc(C(C)(C)C)cc2)c2c(oc5cc6c(cc25)C(C)(C)CCC6)B4c2cc4c(cc2N3c2ccc(C(C)(C)C)cc2)C(C)(C)CCC4(C)C)cc1. The molecule has 4 nitrogen and oxygen atoms in total. The molecule has 0 fully saturated rings. The third-order valence-corrected chi connectivity index (χ3v) is 18.7. The summed E-state index contributed by atoms with van der Waals surface area (Å²) in [4.78, 5) is 7.75. The van der Waals surface area contributed by atoms with E-state index in [9.17, 15) is 0 Å². The summed E-state index contributed by atoms with van der Waals surface area (Å²) in [6.07, 6.45) is 5.71. The van der Waals surface area contributed by atoms with Crippen LogP contribution in [0.4, 0.5) is 51.2 Å². The summed E-state index contributed by atoms with van der Waals surface area (Å²) in [5, 5.41) is 1.19. The molecule has 8 aromatic rings. The Bertz CT molecular complexity index is 3540. The summed E-state index contributed by atoms with van der Waals surface area (Å²) in [6, 6.07) is 52.9. The minimum Gasteiger partial charge on any atom is -0.468 e. The van der Waals surface area contributed by atoms with Gasteiger partial charge in [0.15, 0.2) is 0 Å². The first-order valence-corrected chi connectivity index (χ1v) is 29.1. The lowest BCUT2D eigenvalue weighted by atomic mass is 9.35. The van der Waals surface area contributed by atoms with Gasteiger partial charge >= 0.3 is 0 Å². The van der Waals surface area contributed by atoms with E-state index < -0.39 is 0 Å². The van der Waals surface area contributed by atoms with Crippen molar-refractivity contribution in [2.45, 2.75) is 182 Å². The van der Waals surface area contributed by atoms with E-state index in [1.54, 1.807) is 0 Å². The Morgan fingerprint density at radius 1 is 0.506 bits per heavy atom. The number of nitrogens with zero attached hydrogens (tertiary/aromatic N) is 3. The molecule has 4 aliphatic rings. The summed E-state index contributed by atoms with van der Waals surface area (Å²) in [6.45, 7) is 37.7. The number of fused-ring (bicyclic) bond motifs is 8. The van der Waals surface area contributed by atoms with E-state index >= 15 is 0 Å². The van der Waals surface area contributed by atoms with E-state index in [0.29, 0.717) is 11.8 Å². The van der Waals surface area contributed by atoms with Gasteiger partial charge in [0.2, 0.25) is 0 Å². The molecule has 2 aliphatic carbocycles. The Hall–Kier alpha value is -6.46. The molecule has 2 aliphatic heterocycles. The van der Waals surface area contributed by atoms with Crippen molar-refractivity contribution in [2.75, 3.05) is 14.7 Å². The molecule has 0 N–H and O–H groups in total. The second kappa shape index (κ2) is 17.8. The largest absolute Gasteiger partial charge is 0.468 e. The Labute approximate surface area is 462 Å². The van der Waals surface area contributed by atoms with Gasteiger partial charge in [-0.1, -0.05) is 165 Å². The van der Waals surface area contributed by atoms with E-state index in [1.165, 1.54) is 90.7 Å². The van der Waals surface area contributed by atoms with E-state index in [1.807, 2.05) is 0 Å². The molecular formula is C72H82BN3O. The third-order valence-electron chi connectivity index (χ3n) is 18.7. The maximum Gasteiger partial charge on any atom is 0.297 e. The normalized spacial score (nSPS) is 17.0. The minimum absolute atomic E-state index is 0.000377. The molecule has 0 radical (unpaired) electrons. The highest BCUT2D eigenvalue weighted by Gasteiger charge is 2.50. The zero-order valence-electron chi connectivity index (χ0n) is 49.2. The Kier molecular flexibility index (Phi) is 11.9. The molecule has 0 atom stereocenters. The molecule has 3 heterocycles. The Morgan fingerprint density at radius 3 is 1.49 bits per heavy atom. The number of hydrogen-bond donors (Lipinski definition) is 0. The van der Waals surface area contributed by atoms with Crippen LogP contribution in [0.15, 0.2) is 138 Å². The molecule has 5 heteroatoms. The first kappa shape index (κ1) is 51.3. The molecule has 77 heavy (non-hydrogen) atoms. The molecule has 0 amide bonds. The summed E-state index contributed by atoms with van der Waals surface area (Å²) < 4.78 is 7.70. The summed E-state index contributed by atoms with van der Waals surface area (Å²) in [5.74, 6) is 0.835. The van der Waals surface area contributed by atoms with Gasteiger partial charge < -0.3 is 19.1 Å². The average Bonchev–Trinajstić information content (AvgIpc) is 4.02. The monoisotopic (exact) mass is 1020 g/mol. The van der Waals surface area contributed by atoms with Gasteiger partial charge in [-0.15, -0.1) is 0 Å². The third kappa shape index (κ3) is 8.47. The predicted octanol–water partition coefficient (Wildman–Crippen LogP) is 18.8. The molecule has 0 bridgehead atoms. The van der Waals surface area contributed by atoms with E-state index in [4.69, 9.17) is 4.42 Å². The average molecular weight is 1020 g/mol. The van der Waals surface area contributed by atoms with E-state index in [-0.39, 0.29) is 33.8 Å². The highest BCUT2D eigenvalue weighted by Crippen LogP contribution is 2.54. The second-order valence-corrected chi connectivity index (χ2v) is 28.2. The van der Waals surface area contributed by atoms with Crippen LogP contribution in [0, 0.1) is 0 Å². The molecule has 0 spiro atoms. The topological polar surface area (TPSA) is 22.9 Å². The number of rotatable bonds is 7. The van der Waals surface area contributed by atoms with Crippen LogP contribution in [0.2, 0.25) is 0 Å². The summed E-state index contributed by atoms with van der Waals surface area (Å²) in [7, 11) is 0. The van der Waals surface area contributed by atoms with E-state index in [0.717, 1.165) is 64.6 Å². The second-order valence-electron chi connectivity index (χ2n) is 28.2. The first-order valence-electron chi connectivity index (χ1n) is 29.1. The van der Waals surface area contributed by atoms with Gasteiger partial charge in [0.05, 0.1) is 17.0 Å². The smallest absolute Gasteiger partial charge is 0.297 e. The fourth-order valence-electron chi connectivity index (χ4n) is 13.7. The predicted molar refractivity (Wildman–Crippen MR) is 332 cm³/mol. The summed E-state index contributed by atoms with van der Waals surface area (Å²) >= 11 is 0. The molecule has 12 rings (SSSR count). The van der Waals surface area contributed by atoms with Crippen molar-refractivity contribution in [2.24, 2.45) is 0 Å². The molecule has 394 valence electrons. The van der Waals surface area contributed by atoms with Crippen LogP contribution in [-0.4, -0.2) is 6.71 Å². The van der Waals surface area contributed by atoms with Crippen LogP contribution < -0.4 is 31.3 Å². The maximum absolute atomic E-state index is 7.70. The highest BCUT2D eigenvalue weighted by molar-refractivity contribution is 7.00. The zero-order valence-corrected chi connectivity index (χ0v) is 49.2. The lowest BCUT2D eigenvalue weighted by Crippen LogP contribution is -2.61. The van der Waals surface area contributed by atoms with Crippen molar-refractivity contribution >= 4 is 85.5 Å². The van der Waals surface area contributed by atoms with Gasteiger partial charge in [0, 0.05) is 45.2 Å². The number of benzene rings is 7. The Balaban J connectivity index is 1.24. The van der Waals surface area contributed by atoms with Gasteiger partial charge in [0.25, 0.3) is 6.71 Å². The van der Waals surface area contributed by atoms with Crippen molar-refractivity contribution in [3.05, 3.63) is 178 Å². The van der Waals surface area contributed by atoms with Crippen LogP contribution in [0.5, 0.6) is 0 Å². The lowest BCUT2D eigenvalue weighted by molar-refractivity contribution is 0.332. The molecule has 0 saturated heterocycles. The number of furan rings is 1. The quantitative estimate of drug-likeness (QED) is 0.148. The molecule has 0 unspecified atom stereocenters. The lowest BCUT2D eigenvalue weighted by Gasteiger charge is -2.47. The van der Waals surface area contributed by atoms with Crippen LogP contribution in [0.3, 0.4) is 0 Å². The number of anilines is 9. The molecule has 7 aromatic carbocycles. The maximum atomic E-state index is 7.70. The van der Waals surface area contributed by atoms with Gasteiger partial charge in [-0.3, -0.25) is 0 Å². The fraction of sp³-hybridized carbons (Fsp3) is 0.389. The minimum atomic E-state index is -0.179. The molecule has 1 aromatic heterocycles. The van der Waals surface area contributed by atoms with Crippen LogP contribution >= 0.6 is 0 Å². The van der Waals surface area contributed by atoms with Crippen molar-refractivity contribution in [1.82, 2.24) is 0 Å². The molecular weight excluding hydrogens is 934 g/mol. The molecule has 0 saturated carbocycles. The highest BCUT2D eigenvalue weighted by atomic mass is 16.3. The number of aryl methyl sites for hydroxylation is 1. The van der Waals surface area contributed by atoms with Crippen LogP contribution in [-0.2, 0) is 33.5 Å². The van der Waals surface area contributed by atoms with Gasteiger partial charge in [-0.25, -0.2) is 0 Å². The van der Waals surface area contributed by atoms with Crippen LogP contribution in [0.1, 0.15) is 193 Å².